The van der Waals surface area contributed by atoms with Crippen LogP contribution in [0.5, 0.6) is 0 Å². The zero-order chi connectivity index (χ0) is 12.4. The second-order valence-electron chi connectivity index (χ2n) is 3.75. The largest absolute Gasteiger partial charge is 0.423 e. The maximum absolute atomic E-state index is 11.1. The Morgan fingerprint density at radius 3 is 2.94 bits per heavy atom. The van der Waals surface area contributed by atoms with Crippen molar-refractivity contribution in [1.82, 2.24) is 0 Å². The van der Waals surface area contributed by atoms with E-state index in [0.29, 0.717) is 5.58 Å². The molecule has 3 aromatic rings. The average molecular weight is 255 g/mol. The first kappa shape index (κ1) is 10.9. The van der Waals surface area contributed by atoms with Crippen LogP contribution in [0.2, 0.25) is 0 Å². The molecule has 0 saturated heterocycles. The quantitative estimate of drug-likeness (QED) is 0.518. The van der Waals surface area contributed by atoms with Crippen molar-refractivity contribution < 1.29 is 4.42 Å². The molecule has 88 valence electrons. The molecular formula is C14H9NO2S. The molecule has 0 amide bonds. The van der Waals surface area contributed by atoms with Crippen LogP contribution in [0.15, 0.2) is 62.0 Å². The number of nitrogens with zero attached hydrogens (tertiary/aromatic N) is 1. The average Bonchev–Trinajstić information content (AvgIpc) is 2.89. The lowest BCUT2D eigenvalue weighted by atomic mass is 10.2. The molecule has 0 fully saturated rings. The zero-order valence-electron chi connectivity index (χ0n) is 9.37. The van der Waals surface area contributed by atoms with E-state index in [1.165, 1.54) is 6.07 Å². The monoisotopic (exact) mass is 255 g/mol. The highest BCUT2D eigenvalue weighted by atomic mass is 32.1. The molecule has 18 heavy (non-hydrogen) atoms. The molecule has 1 aromatic carbocycles. The third-order valence-corrected chi connectivity index (χ3v) is 3.29. The van der Waals surface area contributed by atoms with Crippen molar-refractivity contribution in [2.45, 2.75) is 0 Å². The predicted octanol–water partition coefficient (Wildman–Crippen LogP) is 3.61. The van der Waals surface area contributed by atoms with Crippen LogP contribution >= 0.6 is 11.3 Å². The van der Waals surface area contributed by atoms with E-state index >= 15 is 0 Å². The van der Waals surface area contributed by atoms with Gasteiger partial charge in [0, 0.05) is 22.5 Å². The standard InChI is InChI=1S/C14H9NO2S/c16-14-6-3-10-8-11(4-5-13(10)17-14)15-9-12-2-1-7-18-12/h1-9H. The summed E-state index contributed by atoms with van der Waals surface area (Å²) in [4.78, 5) is 16.5. The molecule has 3 rings (SSSR count). The predicted molar refractivity (Wildman–Crippen MR) is 74.1 cm³/mol. The van der Waals surface area contributed by atoms with Gasteiger partial charge in [0.2, 0.25) is 0 Å². The molecule has 0 bridgehead atoms. The van der Waals surface area contributed by atoms with Crippen molar-refractivity contribution in [2.24, 2.45) is 4.99 Å². The van der Waals surface area contributed by atoms with Gasteiger partial charge in [-0.15, -0.1) is 11.3 Å². The van der Waals surface area contributed by atoms with Crippen LogP contribution in [0.25, 0.3) is 11.0 Å². The summed E-state index contributed by atoms with van der Waals surface area (Å²) in [6.45, 7) is 0. The number of benzene rings is 1. The third-order valence-electron chi connectivity index (χ3n) is 2.49. The Hall–Kier alpha value is -2.20. The molecular weight excluding hydrogens is 246 g/mol. The van der Waals surface area contributed by atoms with E-state index in [-0.39, 0.29) is 5.63 Å². The Labute approximate surface area is 107 Å². The van der Waals surface area contributed by atoms with E-state index in [1.807, 2.05) is 35.9 Å². The molecule has 2 heterocycles. The van der Waals surface area contributed by atoms with E-state index in [0.717, 1.165) is 16.0 Å². The van der Waals surface area contributed by atoms with E-state index < -0.39 is 0 Å². The molecule has 0 atom stereocenters. The van der Waals surface area contributed by atoms with Gasteiger partial charge in [-0.1, -0.05) is 6.07 Å². The molecule has 0 aliphatic rings. The first-order valence-electron chi connectivity index (χ1n) is 5.43. The molecule has 0 aliphatic carbocycles. The lowest BCUT2D eigenvalue weighted by Crippen LogP contribution is -1.93. The molecule has 0 unspecified atom stereocenters. The zero-order valence-corrected chi connectivity index (χ0v) is 10.2. The highest BCUT2D eigenvalue weighted by Gasteiger charge is 1.98. The van der Waals surface area contributed by atoms with Crippen molar-refractivity contribution >= 4 is 34.2 Å². The first-order valence-corrected chi connectivity index (χ1v) is 6.31. The number of aliphatic imine (C=N–C) groups is 1. The van der Waals surface area contributed by atoms with Crippen LogP contribution in [0.4, 0.5) is 5.69 Å². The van der Waals surface area contributed by atoms with Crippen LogP contribution in [-0.2, 0) is 0 Å². The van der Waals surface area contributed by atoms with Gasteiger partial charge in [0.05, 0.1) is 5.69 Å². The second kappa shape index (κ2) is 4.58. The molecule has 3 nitrogen and oxygen atoms in total. The molecule has 0 saturated carbocycles. The molecule has 0 N–H and O–H groups in total. The Morgan fingerprint density at radius 2 is 2.11 bits per heavy atom. The van der Waals surface area contributed by atoms with Gasteiger partial charge in [-0.25, -0.2) is 4.79 Å². The molecule has 0 spiro atoms. The summed E-state index contributed by atoms with van der Waals surface area (Å²) >= 11 is 1.64. The van der Waals surface area contributed by atoms with Crippen LogP contribution < -0.4 is 5.63 Å². The van der Waals surface area contributed by atoms with Crippen molar-refractivity contribution in [3.8, 4) is 0 Å². The van der Waals surface area contributed by atoms with Gasteiger partial charge in [0.15, 0.2) is 0 Å². The maximum Gasteiger partial charge on any atom is 0.336 e. The third kappa shape index (κ3) is 2.24. The van der Waals surface area contributed by atoms with Crippen LogP contribution in [-0.4, -0.2) is 6.21 Å². The summed E-state index contributed by atoms with van der Waals surface area (Å²) in [6.07, 6.45) is 1.82. The lowest BCUT2D eigenvalue weighted by Gasteiger charge is -1.97. The molecule has 4 heteroatoms. The summed E-state index contributed by atoms with van der Waals surface area (Å²) in [6, 6.07) is 12.6. The van der Waals surface area contributed by atoms with Crippen LogP contribution in [0.3, 0.4) is 0 Å². The van der Waals surface area contributed by atoms with Gasteiger partial charge < -0.3 is 4.42 Å². The van der Waals surface area contributed by atoms with Crippen LogP contribution in [0.1, 0.15) is 4.88 Å². The topological polar surface area (TPSA) is 42.6 Å². The summed E-state index contributed by atoms with van der Waals surface area (Å²) < 4.78 is 5.06. The minimum Gasteiger partial charge on any atom is -0.423 e. The Bertz CT molecular complexity index is 757. The van der Waals surface area contributed by atoms with Crippen molar-refractivity contribution in [1.29, 1.82) is 0 Å². The van der Waals surface area contributed by atoms with Gasteiger partial charge >= 0.3 is 5.63 Å². The Kier molecular flexibility index (Phi) is 2.78. The van der Waals surface area contributed by atoms with E-state index in [4.69, 9.17) is 4.42 Å². The number of rotatable bonds is 2. The minimum atomic E-state index is -0.336. The summed E-state index contributed by atoms with van der Waals surface area (Å²) in [7, 11) is 0. The molecule has 2 aromatic heterocycles. The minimum absolute atomic E-state index is 0.336. The van der Waals surface area contributed by atoms with Gasteiger partial charge in [0.1, 0.15) is 5.58 Å². The SMILES string of the molecule is O=c1ccc2cc(N=Cc3cccs3)ccc2o1. The van der Waals surface area contributed by atoms with Gasteiger partial charge in [-0.05, 0) is 35.7 Å². The van der Waals surface area contributed by atoms with E-state index in [9.17, 15) is 4.79 Å². The molecule has 0 radical (unpaired) electrons. The summed E-state index contributed by atoms with van der Waals surface area (Å²) in [5.74, 6) is 0. The number of hydrogen-bond acceptors (Lipinski definition) is 4. The number of hydrogen-bond donors (Lipinski definition) is 0. The molecule has 0 aliphatic heterocycles. The fourth-order valence-corrected chi connectivity index (χ4v) is 2.23. The van der Waals surface area contributed by atoms with Crippen molar-refractivity contribution in [3.05, 3.63) is 63.1 Å². The smallest absolute Gasteiger partial charge is 0.336 e. The Morgan fingerprint density at radius 1 is 1.17 bits per heavy atom. The first-order chi connectivity index (χ1) is 8.81. The normalized spacial score (nSPS) is 11.3. The van der Waals surface area contributed by atoms with E-state index in [2.05, 4.69) is 4.99 Å². The Balaban J connectivity index is 1.98. The van der Waals surface area contributed by atoms with Crippen molar-refractivity contribution in [3.63, 3.8) is 0 Å². The maximum atomic E-state index is 11.1. The highest BCUT2D eigenvalue weighted by Crippen LogP contribution is 2.20. The van der Waals surface area contributed by atoms with Gasteiger partial charge in [0.25, 0.3) is 0 Å². The van der Waals surface area contributed by atoms with Gasteiger partial charge in [-0.2, -0.15) is 0 Å². The summed E-state index contributed by atoms with van der Waals surface area (Å²) in [5, 5.41) is 2.88. The summed E-state index contributed by atoms with van der Waals surface area (Å²) in [5.41, 5.74) is 1.08. The van der Waals surface area contributed by atoms with E-state index in [1.54, 1.807) is 23.5 Å². The number of thiophene rings is 1. The fraction of sp³-hybridized carbons (Fsp3) is 0. The second-order valence-corrected chi connectivity index (χ2v) is 4.73. The highest BCUT2D eigenvalue weighted by molar-refractivity contribution is 7.11. The van der Waals surface area contributed by atoms with Gasteiger partial charge in [-0.3, -0.25) is 4.99 Å². The number of fused-ring (bicyclic) bond motifs is 1. The van der Waals surface area contributed by atoms with Crippen molar-refractivity contribution in [2.75, 3.05) is 0 Å². The fourth-order valence-electron chi connectivity index (χ4n) is 1.64. The van der Waals surface area contributed by atoms with Crippen LogP contribution in [0, 0.1) is 0 Å². The lowest BCUT2D eigenvalue weighted by molar-refractivity contribution is 0.561.